The summed E-state index contributed by atoms with van der Waals surface area (Å²) < 4.78 is 148. The smallest absolute Gasteiger partial charge is 0.330 e. The lowest BCUT2D eigenvalue weighted by atomic mass is 9.78. The van der Waals surface area contributed by atoms with E-state index in [9.17, 15) is 31.9 Å². The van der Waals surface area contributed by atoms with Crippen LogP contribution in [0.2, 0.25) is 0 Å². The van der Waals surface area contributed by atoms with E-state index in [-0.39, 0.29) is 11.1 Å². The Balaban J connectivity index is 2.33. The zero-order valence-corrected chi connectivity index (χ0v) is 24.6. The Bertz CT molecular complexity index is 1760. The molecule has 0 aliphatic heterocycles. The van der Waals surface area contributed by atoms with Gasteiger partial charge >= 0.3 is 5.71 Å². The van der Waals surface area contributed by atoms with Crippen molar-refractivity contribution in [1.29, 1.82) is 0 Å². The molecule has 4 rings (SSSR count). The summed E-state index contributed by atoms with van der Waals surface area (Å²) in [7, 11) is 0. The van der Waals surface area contributed by atoms with Gasteiger partial charge in [0.15, 0.2) is 46.5 Å². The van der Waals surface area contributed by atoms with Crippen LogP contribution in [0.3, 0.4) is 0 Å². The molecule has 0 aromatic heterocycles. The maximum atomic E-state index is 15.4. The van der Waals surface area contributed by atoms with Crippen molar-refractivity contribution < 1.29 is 48.7 Å². The molecule has 2 nitrogen and oxygen atoms in total. The van der Waals surface area contributed by atoms with Crippen molar-refractivity contribution in [3.63, 3.8) is 0 Å². The zero-order valence-electron chi connectivity index (χ0n) is 24.6. The monoisotopic (exact) mass is 638 g/mol. The van der Waals surface area contributed by atoms with Gasteiger partial charge in [0.25, 0.3) is 0 Å². The molecule has 236 valence electrons. The van der Waals surface area contributed by atoms with Crippen molar-refractivity contribution >= 4 is 5.71 Å². The molecule has 0 atom stereocenters. The van der Waals surface area contributed by atoms with Crippen LogP contribution in [0.4, 0.5) is 43.9 Å². The second-order valence-corrected chi connectivity index (χ2v) is 12.4. The molecule has 0 bridgehead atoms. The minimum atomic E-state index is -2.50. The second-order valence-electron chi connectivity index (χ2n) is 12.4. The number of halogens is 10. The fourth-order valence-electron chi connectivity index (χ4n) is 4.79. The lowest BCUT2D eigenvalue weighted by Crippen LogP contribution is -2.18. The third-order valence-electron chi connectivity index (χ3n) is 7.32. The highest BCUT2D eigenvalue weighted by Crippen LogP contribution is 2.44. The molecule has 0 saturated heterocycles. The van der Waals surface area contributed by atoms with Crippen LogP contribution in [0.1, 0.15) is 63.8 Å². The number of hydrogen-bond donors (Lipinski definition) is 0. The maximum Gasteiger partial charge on any atom is 0.330 e. The SMILES string of the molecule is CC(C)(C)c1ccc(C(=[N+]=[N-])c2c(-c3c(F)c(F)c(F)c(F)c3F)cc(C(C)(C)C)cc2-c2c(F)c(F)c(F)c(F)c2F)cc1. The Kier molecular flexibility index (Phi) is 8.54. The number of benzene rings is 4. The predicted molar refractivity (Wildman–Crippen MR) is 148 cm³/mol. The van der Waals surface area contributed by atoms with Crippen LogP contribution in [0.15, 0.2) is 36.4 Å². The van der Waals surface area contributed by atoms with Crippen LogP contribution in [-0.2, 0) is 10.8 Å². The maximum absolute atomic E-state index is 15.4. The molecule has 0 radical (unpaired) electrons. The third kappa shape index (κ3) is 5.63. The Hall–Kier alpha value is -4.44. The van der Waals surface area contributed by atoms with E-state index in [1.165, 1.54) is 32.9 Å². The summed E-state index contributed by atoms with van der Waals surface area (Å²) >= 11 is 0. The third-order valence-corrected chi connectivity index (χ3v) is 7.32. The summed E-state index contributed by atoms with van der Waals surface area (Å²) in [5.41, 5.74) is 2.53. The van der Waals surface area contributed by atoms with Crippen LogP contribution >= 0.6 is 0 Å². The lowest BCUT2D eigenvalue weighted by molar-refractivity contribution is -0.00271. The van der Waals surface area contributed by atoms with Gasteiger partial charge in [0.05, 0.1) is 22.3 Å². The van der Waals surface area contributed by atoms with Gasteiger partial charge in [-0.25, -0.2) is 43.9 Å². The topological polar surface area (TPSA) is 36.4 Å². The van der Waals surface area contributed by atoms with E-state index in [2.05, 4.69) is 4.79 Å². The van der Waals surface area contributed by atoms with Crippen LogP contribution in [0, 0.1) is 58.2 Å². The van der Waals surface area contributed by atoms with E-state index in [4.69, 9.17) is 0 Å². The molecule has 0 fully saturated rings. The van der Waals surface area contributed by atoms with Crippen molar-refractivity contribution in [2.24, 2.45) is 0 Å². The van der Waals surface area contributed by atoms with Gasteiger partial charge in [-0.1, -0.05) is 53.7 Å². The molecule has 12 heteroatoms. The van der Waals surface area contributed by atoms with E-state index in [0.29, 0.717) is 0 Å². The van der Waals surface area contributed by atoms with Gasteiger partial charge in [-0.15, -0.1) is 0 Å². The van der Waals surface area contributed by atoms with Gasteiger partial charge in [-0.2, -0.15) is 4.79 Å². The standard InChI is InChI=1S/C33H24F10N2/c1-32(2,3)14-9-7-13(8-10-14)31(45-44)18-16(19-21(34)25(38)29(42)26(39)22(19)35)11-15(33(4,5)6)12-17(18)20-23(36)27(40)30(43)28(41)24(20)37/h7-12H,1-6H3. The van der Waals surface area contributed by atoms with E-state index < -0.39 is 103 Å². The number of rotatable bonds is 4. The molecule has 0 aliphatic rings. The average molecular weight is 639 g/mol. The molecule has 0 spiro atoms. The first-order chi connectivity index (χ1) is 20.7. The summed E-state index contributed by atoms with van der Waals surface area (Å²) in [6, 6.07) is 7.60. The quantitative estimate of drug-likeness (QED) is 0.0533. The molecule has 0 N–H and O–H groups in total. The molecule has 45 heavy (non-hydrogen) atoms. The minimum Gasteiger partial charge on any atom is -0.361 e. The van der Waals surface area contributed by atoms with Crippen molar-refractivity contribution in [2.75, 3.05) is 0 Å². The van der Waals surface area contributed by atoms with Crippen LogP contribution in [-0.4, -0.2) is 10.5 Å². The van der Waals surface area contributed by atoms with Gasteiger partial charge in [0.1, 0.15) is 0 Å². The normalized spacial score (nSPS) is 12.0. The van der Waals surface area contributed by atoms with Gasteiger partial charge < -0.3 is 5.53 Å². The van der Waals surface area contributed by atoms with Crippen LogP contribution < -0.4 is 0 Å². The van der Waals surface area contributed by atoms with Crippen LogP contribution in [0.25, 0.3) is 27.8 Å². The molecule has 0 saturated carbocycles. The van der Waals surface area contributed by atoms with Crippen molar-refractivity contribution in [1.82, 2.24) is 0 Å². The molecule has 0 unspecified atom stereocenters. The van der Waals surface area contributed by atoms with E-state index >= 15 is 17.6 Å². The van der Waals surface area contributed by atoms with E-state index in [1.54, 1.807) is 12.1 Å². The summed E-state index contributed by atoms with van der Waals surface area (Å²) in [6.07, 6.45) is 0. The highest BCUT2D eigenvalue weighted by molar-refractivity contribution is 6.17. The number of hydrogen-bond acceptors (Lipinski definition) is 0. The first kappa shape index (κ1) is 33.5. The molecular formula is C33H24F10N2. The molecule has 0 aliphatic carbocycles. The highest BCUT2D eigenvalue weighted by atomic mass is 19.2. The fraction of sp³-hybridized carbons (Fsp3) is 0.242. The minimum absolute atomic E-state index is 0.0792. The van der Waals surface area contributed by atoms with E-state index in [1.807, 2.05) is 20.8 Å². The summed E-state index contributed by atoms with van der Waals surface area (Å²) in [5, 5.41) is 0. The fourth-order valence-corrected chi connectivity index (χ4v) is 4.79. The summed E-state index contributed by atoms with van der Waals surface area (Å²) in [6.45, 7) is 10.1. The lowest BCUT2D eigenvalue weighted by Gasteiger charge is -2.24. The number of nitrogens with zero attached hydrogens (tertiary/aromatic N) is 2. The molecule has 4 aromatic rings. The summed E-state index contributed by atoms with van der Waals surface area (Å²) in [4.78, 5) is 3.13. The van der Waals surface area contributed by atoms with Gasteiger partial charge in [-0.05, 0) is 46.2 Å². The summed E-state index contributed by atoms with van der Waals surface area (Å²) in [5.74, 6) is -23.9. The molecular weight excluding hydrogens is 614 g/mol. The molecule has 4 aromatic carbocycles. The first-order valence-electron chi connectivity index (χ1n) is 13.3. The van der Waals surface area contributed by atoms with E-state index in [0.717, 1.165) is 17.7 Å². The van der Waals surface area contributed by atoms with Crippen molar-refractivity contribution in [3.8, 4) is 22.3 Å². The predicted octanol–water partition coefficient (Wildman–Crippen LogP) is 10.1. The zero-order chi connectivity index (χ0) is 33.9. The molecule has 0 heterocycles. The van der Waals surface area contributed by atoms with Crippen molar-refractivity contribution in [2.45, 2.75) is 52.4 Å². The Morgan fingerprint density at radius 2 is 0.800 bits per heavy atom. The Labute approximate surface area is 251 Å². The Morgan fingerprint density at radius 1 is 0.489 bits per heavy atom. The largest absolute Gasteiger partial charge is 0.361 e. The van der Waals surface area contributed by atoms with Gasteiger partial charge in [-0.3, -0.25) is 0 Å². The second kappa shape index (κ2) is 11.5. The van der Waals surface area contributed by atoms with Crippen LogP contribution in [0.5, 0.6) is 0 Å². The molecule has 0 amide bonds. The highest BCUT2D eigenvalue weighted by Gasteiger charge is 2.37. The van der Waals surface area contributed by atoms with Crippen molar-refractivity contribution in [3.05, 3.63) is 122 Å². The average Bonchev–Trinajstić information content (AvgIpc) is 2.97. The Morgan fingerprint density at radius 3 is 1.09 bits per heavy atom. The van der Waals surface area contributed by atoms with Gasteiger partial charge in [0, 0.05) is 11.1 Å². The van der Waals surface area contributed by atoms with Gasteiger partial charge in [0.2, 0.25) is 11.6 Å². The first-order valence-corrected chi connectivity index (χ1v) is 13.3.